The van der Waals surface area contributed by atoms with Gasteiger partial charge in [0, 0.05) is 24.0 Å². The van der Waals surface area contributed by atoms with Gasteiger partial charge in [0.1, 0.15) is 5.82 Å². The number of imidazole rings is 1. The van der Waals surface area contributed by atoms with E-state index in [4.69, 9.17) is 0 Å². The molecule has 0 amide bonds. The van der Waals surface area contributed by atoms with Crippen molar-refractivity contribution in [2.45, 2.75) is 13.5 Å². The fraction of sp³-hybridized carbons (Fsp3) is 0.250. The Balaban J connectivity index is 2.25. The molecule has 0 aliphatic rings. The summed E-state index contributed by atoms with van der Waals surface area (Å²) in [4.78, 5) is 7.62. The molecule has 2 N–H and O–H groups in total. The van der Waals surface area contributed by atoms with E-state index in [0.717, 1.165) is 23.6 Å². The molecule has 0 aliphatic carbocycles. The first-order valence-electron chi connectivity index (χ1n) is 5.05. The van der Waals surface area contributed by atoms with Gasteiger partial charge in [-0.15, -0.1) is 0 Å². The van der Waals surface area contributed by atoms with Gasteiger partial charge in [0.15, 0.2) is 0 Å². The third-order valence-electron chi connectivity index (χ3n) is 2.32. The molecule has 0 unspecified atom stereocenters. The summed E-state index contributed by atoms with van der Waals surface area (Å²) in [6.07, 6.45) is 1.87. The van der Waals surface area contributed by atoms with Crippen molar-refractivity contribution in [1.29, 1.82) is 0 Å². The lowest BCUT2D eigenvalue weighted by Gasteiger charge is -1.97. The highest BCUT2D eigenvalue weighted by molar-refractivity contribution is 5.55. The number of aromatic amines is 1. The van der Waals surface area contributed by atoms with E-state index in [2.05, 4.69) is 46.5 Å². The molecule has 2 aromatic rings. The molecule has 3 nitrogen and oxygen atoms in total. The van der Waals surface area contributed by atoms with Crippen molar-refractivity contribution in [2.24, 2.45) is 0 Å². The fourth-order valence-electron chi connectivity index (χ4n) is 1.50. The maximum atomic E-state index is 4.34. The molecule has 0 radical (unpaired) electrons. The van der Waals surface area contributed by atoms with Gasteiger partial charge in [-0.2, -0.15) is 0 Å². The molecule has 2 rings (SSSR count). The van der Waals surface area contributed by atoms with Crippen LogP contribution in [-0.2, 0) is 6.54 Å². The highest BCUT2D eigenvalue weighted by Gasteiger charge is 2.01. The number of aromatic nitrogens is 2. The molecule has 3 heteroatoms. The van der Waals surface area contributed by atoms with E-state index in [0.29, 0.717) is 0 Å². The van der Waals surface area contributed by atoms with E-state index in [1.54, 1.807) is 0 Å². The molecule has 0 aliphatic heterocycles. The molecule has 0 bridgehead atoms. The quantitative estimate of drug-likeness (QED) is 0.798. The number of nitrogens with zero attached hydrogens (tertiary/aromatic N) is 1. The summed E-state index contributed by atoms with van der Waals surface area (Å²) in [5.41, 5.74) is 3.50. The van der Waals surface area contributed by atoms with Gasteiger partial charge in [-0.1, -0.05) is 29.8 Å². The van der Waals surface area contributed by atoms with Gasteiger partial charge < -0.3 is 10.3 Å². The standard InChI is InChI=1S/C12H15N3/c1-9-3-5-10(6-4-9)12-14-8-11(15-12)7-13-2/h3-6,8,13H,7H2,1-2H3,(H,14,15). The SMILES string of the molecule is CNCc1cnc(-c2ccc(C)cc2)[nH]1. The Bertz CT molecular complexity index is 428. The molecule has 1 aromatic carbocycles. The Morgan fingerprint density at radius 2 is 2.00 bits per heavy atom. The van der Waals surface area contributed by atoms with Gasteiger partial charge in [0.2, 0.25) is 0 Å². The first-order chi connectivity index (χ1) is 7.29. The number of hydrogen-bond acceptors (Lipinski definition) is 2. The van der Waals surface area contributed by atoms with Crippen molar-refractivity contribution in [3.05, 3.63) is 41.7 Å². The van der Waals surface area contributed by atoms with E-state index < -0.39 is 0 Å². The first-order valence-corrected chi connectivity index (χ1v) is 5.05. The average molecular weight is 201 g/mol. The largest absolute Gasteiger partial charge is 0.341 e. The smallest absolute Gasteiger partial charge is 0.137 e. The molecular formula is C12H15N3. The zero-order valence-electron chi connectivity index (χ0n) is 9.04. The summed E-state index contributed by atoms with van der Waals surface area (Å²) in [5.74, 6) is 0.931. The zero-order chi connectivity index (χ0) is 10.7. The number of rotatable bonds is 3. The van der Waals surface area contributed by atoms with Gasteiger partial charge in [-0.3, -0.25) is 0 Å². The zero-order valence-corrected chi connectivity index (χ0v) is 9.04. The second-order valence-electron chi connectivity index (χ2n) is 3.65. The Hall–Kier alpha value is -1.61. The topological polar surface area (TPSA) is 40.7 Å². The van der Waals surface area contributed by atoms with Crippen molar-refractivity contribution < 1.29 is 0 Å². The second kappa shape index (κ2) is 4.28. The minimum atomic E-state index is 0.818. The predicted octanol–water partition coefficient (Wildman–Crippen LogP) is 2.10. The summed E-state index contributed by atoms with van der Waals surface area (Å²) in [6.45, 7) is 2.90. The minimum Gasteiger partial charge on any atom is -0.341 e. The summed E-state index contributed by atoms with van der Waals surface area (Å²) in [6, 6.07) is 8.35. The highest BCUT2D eigenvalue weighted by atomic mass is 14.9. The number of H-pyrrole nitrogens is 1. The number of nitrogens with one attached hydrogen (secondary N) is 2. The van der Waals surface area contributed by atoms with Crippen molar-refractivity contribution in [3.8, 4) is 11.4 Å². The molecule has 1 heterocycles. The molecule has 0 spiro atoms. The molecule has 0 saturated heterocycles. The van der Waals surface area contributed by atoms with Crippen molar-refractivity contribution in [2.75, 3.05) is 7.05 Å². The number of benzene rings is 1. The lowest BCUT2D eigenvalue weighted by Crippen LogP contribution is -2.04. The van der Waals surface area contributed by atoms with E-state index in [1.807, 2.05) is 13.2 Å². The maximum Gasteiger partial charge on any atom is 0.137 e. The van der Waals surface area contributed by atoms with Gasteiger partial charge in [0.05, 0.1) is 0 Å². The Morgan fingerprint density at radius 3 is 2.67 bits per heavy atom. The normalized spacial score (nSPS) is 10.5. The van der Waals surface area contributed by atoms with E-state index in [1.165, 1.54) is 5.56 Å². The third-order valence-corrected chi connectivity index (χ3v) is 2.32. The number of aryl methyl sites for hydroxylation is 1. The van der Waals surface area contributed by atoms with Crippen LogP contribution in [0, 0.1) is 6.92 Å². The molecule has 0 saturated carbocycles. The summed E-state index contributed by atoms with van der Waals surface area (Å²) < 4.78 is 0. The summed E-state index contributed by atoms with van der Waals surface area (Å²) >= 11 is 0. The van der Waals surface area contributed by atoms with Gasteiger partial charge in [-0.05, 0) is 14.0 Å². The molecule has 0 atom stereocenters. The van der Waals surface area contributed by atoms with Crippen LogP contribution in [0.15, 0.2) is 30.5 Å². The lowest BCUT2D eigenvalue weighted by atomic mass is 10.1. The second-order valence-corrected chi connectivity index (χ2v) is 3.65. The third kappa shape index (κ3) is 2.25. The molecule has 0 fully saturated rings. The van der Waals surface area contributed by atoms with Crippen molar-refractivity contribution >= 4 is 0 Å². The van der Waals surface area contributed by atoms with E-state index in [-0.39, 0.29) is 0 Å². The Morgan fingerprint density at radius 1 is 1.27 bits per heavy atom. The molecular weight excluding hydrogens is 186 g/mol. The van der Waals surface area contributed by atoms with Gasteiger partial charge in [0.25, 0.3) is 0 Å². The molecule has 78 valence electrons. The monoisotopic (exact) mass is 201 g/mol. The lowest BCUT2D eigenvalue weighted by molar-refractivity contribution is 0.797. The summed E-state index contributed by atoms with van der Waals surface area (Å²) in [7, 11) is 1.92. The maximum absolute atomic E-state index is 4.34. The number of hydrogen-bond donors (Lipinski definition) is 2. The van der Waals surface area contributed by atoms with E-state index >= 15 is 0 Å². The van der Waals surface area contributed by atoms with Crippen LogP contribution in [-0.4, -0.2) is 17.0 Å². The van der Waals surface area contributed by atoms with Crippen LogP contribution < -0.4 is 5.32 Å². The summed E-state index contributed by atoms with van der Waals surface area (Å²) in [5, 5.41) is 3.09. The van der Waals surface area contributed by atoms with Crippen LogP contribution in [0.25, 0.3) is 11.4 Å². The van der Waals surface area contributed by atoms with Crippen molar-refractivity contribution in [3.63, 3.8) is 0 Å². The van der Waals surface area contributed by atoms with Crippen LogP contribution in [0.4, 0.5) is 0 Å². The van der Waals surface area contributed by atoms with Crippen molar-refractivity contribution in [1.82, 2.24) is 15.3 Å². The van der Waals surface area contributed by atoms with Crippen LogP contribution in [0.5, 0.6) is 0 Å². The highest BCUT2D eigenvalue weighted by Crippen LogP contribution is 2.15. The van der Waals surface area contributed by atoms with E-state index in [9.17, 15) is 0 Å². The first kappa shape index (κ1) is 9.93. The predicted molar refractivity (Wildman–Crippen MR) is 61.5 cm³/mol. The fourth-order valence-corrected chi connectivity index (χ4v) is 1.50. The van der Waals surface area contributed by atoms with Crippen LogP contribution >= 0.6 is 0 Å². The van der Waals surface area contributed by atoms with Crippen LogP contribution in [0.1, 0.15) is 11.3 Å². The minimum absolute atomic E-state index is 0.818. The van der Waals surface area contributed by atoms with Crippen LogP contribution in [0.3, 0.4) is 0 Å². The molecule has 15 heavy (non-hydrogen) atoms. The Kier molecular flexibility index (Phi) is 2.83. The van der Waals surface area contributed by atoms with Crippen LogP contribution in [0.2, 0.25) is 0 Å². The van der Waals surface area contributed by atoms with Gasteiger partial charge in [-0.25, -0.2) is 4.98 Å². The Labute approximate surface area is 89.6 Å². The molecule has 1 aromatic heterocycles. The average Bonchev–Trinajstić information content (AvgIpc) is 2.68. The van der Waals surface area contributed by atoms with Gasteiger partial charge >= 0.3 is 0 Å².